The monoisotopic (exact) mass is 1120 g/mol. The average Bonchev–Trinajstić information content (AvgIpc) is 4.14. The molecular formula is C60H45Cl5N8O4. The zero-order chi connectivity index (χ0) is 53.6. The first-order valence-corrected chi connectivity index (χ1v) is 26.2. The Balaban J connectivity index is 0.000000147. The SMILES string of the molecule is COc1cccc(-c2ccc3nc(-c4cccnc4)nc(Cl)c3c2)c1.COc1cccc(-c2ccc3nc(-c4cccnc4)nc(N4CC(c5ccc(Cl)c(Cl)c5)CC4=O)c3c2)c1.O=C1CC(c2ccc(Cl)c(Cl)c2)CN1. The van der Waals surface area contributed by atoms with E-state index in [0.29, 0.717) is 68.6 Å². The molecule has 2 saturated heterocycles. The maximum atomic E-state index is 13.4. The van der Waals surface area contributed by atoms with Gasteiger partial charge in [-0.15, -0.1) is 0 Å². The number of anilines is 1. The van der Waals surface area contributed by atoms with Gasteiger partial charge in [-0.1, -0.05) is 107 Å². The number of halogens is 5. The van der Waals surface area contributed by atoms with Gasteiger partial charge in [-0.2, -0.15) is 0 Å². The van der Waals surface area contributed by atoms with Crippen LogP contribution >= 0.6 is 58.0 Å². The van der Waals surface area contributed by atoms with Gasteiger partial charge in [0.2, 0.25) is 11.8 Å². The van der Waals surface area contributed by atoms with Crippen molar-refractivity contribution in [1.82, 2.24) is 35.2 Å². The summed E-state index contributed by atoms with van der Waals surface area (Å²) in [6.45, 7) is 1.16. The summed E-state index contributed by atoms with van der Waals surface area (Å²) < 4.78 is 10.7. The molecule has 10 aromatic rings. The number of carbonyl (C=O) groups excluding carboxylic acids is 2. The van der Waals surface area contributed by atoms with Gasteiger partial charge in [0.25, 0.3) is 0 Å². The number of hydrogen-bond donors (Lipinski definition) is 1. The van der Waals surface area contributed by atoms with Crippen LogP contribution in [-0.4, -0.2) is 69.0 Å². The summed E-state index contributed by atoms with van der Waals surface area (Å²) in [6, 6.07) is 46.3. The second-order valence-electron chi connectivity index (χ2n) is 18.1. The second-order valence-corrected chi connectivity index (χ2v) is 20.1. The lowest BCUT2D eigenvalue weighted by molar-refractivity contribution is -0.119. The molecule has 0 radical (unpaired) electrons. The van der Waals surface area contributed by atoms with Crippen molar-refractivity contribution in [3.05, 3.63) is 207 Å². The molecule has 77 heavy (non-hydrogen) atoms. The number of aromatic nitrogens is 6. The molecule has 0 saturated carbocycles. The van der Waals surface area contributed by atoms with Gasteiger partial charge in [0.05, 0.1) is 45.3 Å². The third-order valence-corrected chi connectivity index (χ3v) is 14.9. The predicted octanol–water partition coefficient (Wildman–Crippen LogP) is 14.8. The van der Waals surface area contributed by atoms with Crippen molar-refractivity contribution in [1.29, 1.82) is 0 Å². The van der Waals surface area contributed by atoms with Crippen LogP contribution in [0.5, 0.6) is 11.5 Å². The maximum Gasteiger partial charge on any atom is 0.228 e. The number of fused-ring (bicyclic) bond motifs is 2. The van der Waals surface area contributed by atoms with E-state index in [1.54, 1.807) is 56.0 Å². The second kappa shape index (κ2) is 23.7. The Hall–Kier alpha value is -7.71. The minimum Gasteiger partial charge on any atom is -0.497 e. The van der Waals surface area contributed by atoms with E-state index in [4.69, 9.17) is 77.4 Å². The van der Waals surface area contributed by atoms with Gasteiger partial charge in [-0.05, 0) is 130 Å². The van der Waals surface area contributed by atoms with Crippen molar-refractivity contribution in [2.45, 2.75) is 24.7 Å². The molecule has 2 aliphatic rings. The largest absolute Gasteiger partial charge is 0.497 e. The minimum absolute atomic E-state index is 0.00927. The molecule has 2 amide bonds. The quantitative estimate of drug-likeness (QED) is 0.139. The Morgan fingerprint density at radius 1 is 0.506 bits per heavy atom. The van der Waals surface area contributed by atoms with E-state index in [1.807, 2.05) is 133 Å². The molecule has 12 nitrogen and oxygen atoms in total. The van der Waals surface area contributed by atoms with Gasteiger partial charge in [-0.25, -0.2) is 19.9 Å². The number of rotatable bonds is 9. The molecule has 6 aromatic carbocycles. The molecule has 0 spiro atoms. The van der Waals surface area contributed by atoms with Crippen molar-refractivity contribution in [2.24, 2.45) is 0 Å². The van der Waals surface area contributed by atoms with Crippen LogP contribution in [-0.2, 0) is 9.59 Å². The van der Waals surface area contributed by atoms with Crippen molar-refractivity contribution in [3.63, 3.8) is 0 Å². The molecule has 2 fully saturated rings. The van der Waals surface area contributed by atoms with Crippen LogP contribution in [0.4, 0.5) is 5.82 Å². The topological polar surface area (TPSA) is 145 Å². The van der Waals surface area contributed by atoms with E-state index in [0.717, 1.165) is 77.8 Å². The fraction of sp³-hybridized carbons (Fsp3) is 0.133. The van der Waals surface area contributed by atoms with Gasteiger partial charge < -0.3 is 14.8 Å². The molecule has 2 unspecified atom stereocenters. The van der Waals surface area contributed by atoms with Crippen LogP contribution in [0, 0.1) is 0 Å². The molecule has 2 aliphatic heterocycles. The van der Waals surface area contributed by atoms with Crippen molar-refractivity contribution >= 4 is 97.4 Å². The predicted molar refractivity (Wildman–Crippen MR) is 308 cm³/mol. The highest BCUT2D eigenvalue weighted by Gasteiger charge is 2.34. The fourth-order valence-corrected chi connectivity index (χ4v) is 9.98. The third kappa shape index (κ3) is 12.1. The Kier molecular flexibility index (Phi) is 16.2. The van der Waals surface area contributed by atoms with Gasteiger partial charge in [0.1, 0.15) is 22.5 Å². The normalized spacial score (nSPS) is 14.9. The summed E-state index contributed by atoms with van der Waals surface area (Å²) in [7, 11) is 3.30. The summed E-state index contributed by atoms with van der Waals surface area (Å²) in [5.41, 5.74) is 9.24. The smallest absolute Gasteiger partial charge is 0.228 e. The Morgan fingerprint density at radius 3 is 1.55 bits per heavy atom. The number of hydrogen-bond acceptors (Lipinski definition) is 10. The third-order valence-electron chi connectivity index (χ3n) is 13.2. The number of pyridine rings is 2. The van der Waals surface area contributed by atoms with E-state index in [-0.39, 0.29) is 23.7 Å². The van der Waals surface area contributed by atoms with Crippen LogP contribution in [0.15, 0.2) is 170 Å². The number of nitrogens with one attached hydrogen (secondary N) is 1. The van der Waals surface area contributed by atoms with Crippen LogP contribution in [0.1, 0.15) is 35.8 Å². The van der Waals surface area contributed by atoms with E-state index >= 15 is 0 Å². The van der Waals surface area contributed by atoms with Crippen molar-refractivity contribution in [3.8, 4) is 56.5 Å². The summed E-state index contributed by atoms with van der Waals surface area (Å²) in [6.07, 6.45) is 7.76. The number of benzene rings is 6. The summed E-state index contributed by atoms with van der Waals surface area (Å²) >= 11 is 30.5. The van der Waals surface area contributed by atoms with E-state index < -0.39 is 0 Å². The zero-order valence-corrected chi connectivity index (χ0v) is 45.1. The van der Waals surface area contributed by atoms with Crippen molar-refractivity contribution < 1.29 is 19.1 Å². The molecule has 6 heterocycles. The first kappa shape index (κ1) is 52.7. The highest BCUT2D eigenvalue weighted by atomic mass is 35.5. The Labute approximate surface area is 469 Å². The zero-order valence-electron chi connectivity index (χ0n) is 41.3. The summed E-state index contributed by atoms with van der Waals surface area (Å²) in [5.74, 6) is 3.53. The standard InChI is InChI=1S/C30H22Cl2N4O2.C20H14ClN3O.C10H9Cl2NO/c1-38-23-6-2-4-18(12-23)19-8-10-27-24(13-19)30(35-29(34-27)21-5-3-11-33-16-21)36-17-22(15-28(36)37)20-7-9-25(31)26(32)14-20;1-25-16-6-2-4-13(10-16)14-7-8-18-17(11-14)19(21)24-20(23-18)15-5-3-9-22-12-15;11-8-2-1-6(3-9(8)12)7-4-10(14)13-5-7/h2-14,16,22H,15,17H2,1H3;2-12H,1H3;1-3,7H,4-5H2,(H,13,14). The lowest BCUT2D eigenvalue weighted by Gasteiger charge is -2.19. The molecule has 2 atom stereocenters. The first-order valence-electron chi connectivity index (χ1n) is 24.3. The van der Waals surface area contributed by atoms with Crippen LogP contribution < -0.4 is 19.7 Å². The molecule has 4 aromatic heterocycles. The molecular weight excluding hydrogens is 1070 g/mol. The first-order chi connectivity index (χ1) is 37.4. The number of ether oxygens (including phenoxy) is 2. The number of amides is 2. The van der Waals surface area contributed by atoms with E-state index in [2.05, 4.69) is 25.3 Å². The minimum atomic E-state index is -0.0364. The maximum absolute atomic E-state index is 13.4. The van der Waals surface area contributed by atoms with E-state index in [9.17, 15) is 9.59 Å². The highest BCUT2D eigenvalue weighted by molar-refractivity contribution is 6.42. The lowest BCUT2D eigenvalue weighted by atomic mass is 9.98. The van der Waals surface area contributed by atoms with E-state index in [1.165, 1.54) is 0 Å². The molecule has 17 heteroatoms. The molecule has 12 rings (SSSR count). The van der Waals surface area contributed by atoms with Gasteiger partial charge in [-0.3, -0.25) is 24.5 Å². The Bertz CT molecular complexity index is 3820. The van der Waals surface area contributed by atoms with Gasteiger partial charge >= 0.3 is 0 Å². The van der Waals surface area contributed by atoms with Crippen LogP contribution in [0.25, 0.3) is 66.8 Å². The number of methoxy groups -OCH3 is 2. The highest BCUT2D eigenvalue weighted by Crippen LogP contribution is 2.39. The van der Waals surface area contributed by atoms with Crippen LogP contribution in [0.2, 0.25) is 25.2 Å². The fourth-order valence-electron chi connectivity index (χ4n) is 9.13. The lowest BCUT2D eigenvalue weighted by Crippen LogP contribution is -2.26. The molecule has 384 valence electrons. The molecule has 0 aliphatic carbocycles. The summed E-state index contributed by atoms with van der Waals surface area (Å²) in [4.78, 5) is 53.3. The van der Waals surface area contributed by atoms with Crippen molar-refractivity contribution in [2.75, 3.05) is 32.2 Å². The van der Waals surface area contributed by atoms with Gasteiger partial charge in [0, 0.05) is 84.5 Å². The average molecular weight is 1120 g/mol. The van der Waals surface area contributed by atoms with Gasteiger partial charge in [0.15, 0.2) is 11.6 Å². The number of nitrogens with zero attached hydrogens (tertiary/aromatic N) is 7. The van der Waals surface area contributed by atoms with Crippen LogP contribution in [0.3, 0.4) is 0 Å². The summed E-state index contributed by atoms with van der Waals surface area (Å²) in [5, 5.41) is 6.88. The number of carbonyl (C=O) groups is 2. The molecule has 1 N–H and O–H groups in total. The molecule has 0 bridgehead atoms. The Morgan fingerprint density at radius 2 is 1.03 bits per heavy atom.